The molecule has 0 radical (unpaired) electrons. The van der Waals surface area contributed by atoms with Gasteiger partial charge in [-0.05, 0) is 73.7 Å². The van der Waals surface area contributed by atoms with Gasteiger partial charge in [-0.3, -0.25) is 24.0 Å². The number of halogens is 2. The minimum absolute atomic E-state index is 0.0637. The van der Waals surface area contributed by atoms with E-state index in [9.17, 15) is 18.8 Å². The molecule has 1 atom stereocenters. The Balaban J connectivity index is 1.08. The summed E-state index contributed by atoms with van der Waals surface area (Å²) >= 11 is 3.02. The second-order valence-electron chi connectivity index (χ2n) is 11.4. The zero-order valence-corrected chi connectivity index (χ0v) is 27.9. The average molecular weight is 707 g/mol. The maximum atomic E-state index is 15.3. The van der Waals surface area contributed by atoms with E-state index in [0.29, 0.717) is 47.5 Å². The Morgan fingerprint density at radius 2 is 1.78 bits per heavy atom. The fourth-order valence-corrected chi connectivity index (χ4v) is 6.49. The number of hydrogen-bond acceptors (Lipinski definition) is 10. The molecule has 6 rings (SSSR count). The maximum absolute atomic E-state index is 15.3. The Morgan fingerprint density at radius 1 is 1.04 bits per heavy atom. The molecule has 3 aromatic heterocycles. The van der Waals surface area contributed by atoms with Gasteiger partial charge in [0.2, 0.25) is 11.8 Å². The molecule has 49 heavy (non-hydrogen) atoms. The highest BCUT2D eigenvalue weighted by Gasteiger charge is 2.56. The summed E-state index contributed by atoms with van der Waals surface area (Å²) in [6.07, 6.45) is 8.26. The van der Waals surface area contributed by atoms with Gasteiger partial charge in [0.15, 0.2) is 11.6 Å². The minimum atomic E-state index is -1.29. The van der Waals surface area contributed by atoms with Crippen LogP contribution in [-0.4, -0.2) is 57.2 Å². The molecule has 5 aromatic rings. The molecule has 3 heterocycles. The van der Waals surface area contributed by atoms with Gasteiger partial charge in [-0.1, -0.05) is 0 Å². The predicted molar refractivity (Wildman–Crippen MR) is 185 cm³/mol. The fourth-order valence-electron chi connectivity index (χ4n) is 4.96. The lowest BCUT2D eigenvalue weighted by Crippen LogP contribution is -2.35. The number of nitrogens with zero attached hydrogens (tertiary/aromatic N) is 3. The van der Waals surface area contributed by atoms with Crippen molar-refractivity contribution in [3.05, 3.63) is 84.8 Å². The number of rotatable bonds is 14. The summed E-state index contributed by atoms with van der Waals surface area (Å²) in [6, 6.07) is 12.1. The van der Waals surface area contributed by atoms with Crippen LogP contribution in [-0.2, 0) is 25.7 Å². The molecule has 1 saturated carbocycles. The normalized spacial score (nSPS) is 13.9. The molecular formula is C34H32F2N6O5S2. The first-order valence-electron chi connectivity index (χ1n) is 15.3. The van der Waals surface area contributed by atoms with E-state index in [2.05, 4.69) is 20.7 Å². The molecule has 0 aliphatic heterocycles. The zero-order chi connectivity index (χ0) is 34.5. The Hall–Kier alpha value is -4.86. The van der Waals surface area contributed by atoms with Crippen molar-refractivity contribution < 1.29 is 32.6 Å². The molecule has 0 spiro atoms. The SMILES string of the molecule is CSCCC(N)C(=O)OCCn1cc(-c2cc3nccc(Oc4ccc(NC(=O)C5(C(=O)Nc6ccc(F)cc6)CC5)cc4F)c3s2)cn1. The van der Waals surface area contributed by atoms with E-state index >= 15 is 4.39 Å². The number of carbonyl (C=O) groups is 3. The Morgan fingerprint density at radius 3 is 2.49 bits per heavy atom. The molecule has 2 amide bonds. The molecule has 1 unspecified atom stereocenters. The van der Waals surface area contributed by atoms with Crippen molar-refractivity contribution in [1.29, 1.82) is 0 Å². The van der Waals surface area contributed by atoms with Gasteiger partial charge < -0.3 is 25.8 Å². The first kappa shape index (κ1) is 34.0. The number of amides is 2. The lowest BCUT2D eigenvalue weighted by molar-refractivity contribution is -0.145. The number of nitrogens with two attached hydrogens (primary N) is 1. The van der Waals surface area contributed by atoms with Gasteiger partial charge in [0.05, 0.1) is 23.0 Å². The van der Waals surface area contributed by atoms with Crippen LogP contribution in [0.1, 0.15) is 19.3 Å². The summed E-state index contributed by atoms with van der Waals surface area (Å²) in [5, 5.41) is 9.64. The number of nitrogens with one attached hydrogen (secondary N) is 2. The van der Waals surface area contributed by atoms with E-state index in [1.54, 1.807) is 34.9 Å². The smallest absolute Gasteiger partial charge is 0.323 e. The average Bonchev–Trinajstić information content (AvgIpc) is 3.58. The van der Waals surface area contributed by atoms with Crippen LogP contribution < -0.4 is 21.1 Å². The number of aromatic nitrogens is 3. The second-order valence-corrected chi connectivity index (χ2v) is 13.5. The lowest BCUT2D eigenvalue weighted by atomic mass is 10.0. The highest BCUT2D eigenvalue weighted by molar-refractivity contribution is 7.98. The Labute approximate surface area is 288 Å². The standard InChI is InChI=1S/C34H32F2N6O5S2/c1-48-15-9-25(37)31(43)46-14-13-42-19-20(18-39-42)29-17-26-30(49-29)28(8-12-38-26)47-27-7-6-23(16-24(27)36)41-33(45)34(10-11-34)32(44)40-22-4-2-21(35)3-5-22/h2-8,12,16-19,25H,9-11,13-15,37H2,1H3,(H,40,44)(H,41,45). The number of anilines is 2. The number of thiophene rings is 1. The third kappa shape index (κ3) is 7.90. The van der Waals surface area contributed by atoms with Gasteiger partial charge in [-0.2, -0.15) is 16.9 Å². The second kappa shape index (κ2) is 14.7. The van der Waals surface area contributed by atoms with Gasteiger partial charge in [0.1, 0.15) is 29.6 Å². The van der Waals surface area contributed by atoms with E-state index in [1.807, 2.05) is 18.5 Å². The van der Waals surface area contributed by atoms with Crippen molar-refractivity contribution in [3.63, 3.8) is 0 Å². The number of carbonyl (C=O) groups excluding carboxylic acids is 3. The molecule has 254 valence electrons. The van der Waals surface area contributed by atoms with Gasteiger partial charge in [-0.25, -0.2) is 8.78 Å². The van der Waals surface area contributed by atoms with Gasteiger partial charge in [-0.15, -0.1) is 11.3 Å². The Bertz CT molecular complexity index is 2000. The topological polar surface area (TPSA) is 150 Å². The molecule has 4 N–H and O–H groups in total. The molecule has 2 aromatic carbocycles. The van der Waals surface area contributed by atoms with Crippen molar-refractivity contribution in [2.24, 2.45) is 11.1 Å². The van der Waals surface area contributed by atoms with Gasteiger partial charge in [0, 0.05) is 46.3 Å². The van der Waals surface area contributed by atoms with Crippen LogP contribution >= 0.6 is 23.1 Å². The van der Waals surface area contributed by atoms with Gasteiger partial charge >= 0.3 is 5.97 Å². The van der Waals surface area contributed by atoms with Crippen LogP contribution in [0, 0.1) is 17.0 Å². The van der Waals surface area contributed by atoms with Gasteiger partial charge in [0.25, 0.3) is 0 Å². The molecule has 0 saturated heterocycles. The number of esters is 1. The van der Waals surface area contributed by atoms with E-state index in [4.69, 9.17) is 15.2 Å². The monoisotopic (exact) mass is 706 g/mol. The maximum Gasteiger partial charge on any atom is 0.323 e. The first-order chi connectivity index (χ1) is 23.6. The largest absolute Gasteiger partial charge is 0.463 e. The summed E-state index contributed by atoms with van der Waals surface area (Å²) < 4.78 is 42.1. The summed E-state index contributed by atoms with van der Waals surface area (Å²) in [7, 11) is 0. The minimum Gasteiger partial charge on any atom is -0.463 e. The fraction of sp³-hybridized carbons (Fsp3) is 0.265. The number of fused-ring (bicyclic) bond motifs is 1. The summed E-state index contributed by atoms with van der Waals surface area (Å²) in [5.74, 6) is -1.55. The number of pyridine rings is 1. The predicted octanol–water partition coefficient (Wildman–Crippen LogP) is 6.21. The third-order valence-corrected chi connectivity index (χ3v) is 9.76. The quantitative estimate of drug-likeness (QED) is 0.0905. The number of hydrogen-bond donors (Lipinski definition) is 3. The van der Waals surface area contributed by atoms with E-state index in [0.717, 1.165) is 22.3 Å². The van der Waals surface area contributed by atoms with Crippen LogP contribution in [0.2, 0.25) is 0 Å². The highest BCUT2D eigenvalue weighted by Crippen LogP contribution is 2.48. The number of ether oxygens (including phenoxy) is 2. The van der Waals surface area contributed by atoms with Crippen molar-refractivity contribution in [1.82, 2.24) is 14.8 Å². The van der Waals surface area contributed by atoms with Crippen LogP contribution in [0.3, 0.4) is 0 Å². The molecular weight excluding hydrogens is 675 g/mol. The molecule has 15 heteroatoms. The van der Waals surface area contributed by atoms with Crippen molar-refractivity contribution in [2.75, 3.05) is 29.2 Å². The molecule has 1 fully saturated rings. The van der Waals surface area contributed by atoms with Crippen molar-refractivity contribution >= 4 is 62.5 Å². The van der Waals surface area contributed by atoms with Crippen LogP contribution in [0.15, 0.2) is 73.2 Å². The van der Waals surface area contributed by atoms with E-state index in [1.165, 1.54) is 47.7 Å². The van der Waals surface area contributed by atoms with Crippen LogP contribution in [0.25, 0.3) is 20.7 Å². The van der Waals surface area contributed by atoms with Crippen molar-refractivity contribution in [3.8, 4) is 21.9 Å². The summed E-state index contributed by atoms with van der Waals surface area (Å²) in [6.45, 7) is 0.499. The highest BCUT2D eigenvalue weighted by atomic mass is 32.2. The first-order valence-corrected chi connectivity index (χ1v) is 17.5. The summed E-state index contributed by atoms with van der Waals surface area (Å²) in [4.78, 5) is 43.3. The molecule has 0 bridgehead atoms. The molecule has 11 nitrogen and oxygen atoms in total. The number of benzene rings is 2. The van der Waals surface area contributed by atoms with E-state index in [-0.39, 0.29) is 18.0 Å². The molecule has 1 aliphatic carbocycles. The molecule has 1 aliphatic rings. The zero-order valence-electron chi connectivity index (χ0n) is 26.3. The number of thioether (sulfide) groups is 1. The van der Waals surface area contributed by atoms with Crippen molar-refractivity contribution in [2.45, 2.75) is 31.8 Å². The third-order valence-electron chi connectivity index (χ3n) is 7.93. The van der Waals surface area contributed by atoms with E-state index < -0.39 is 40.9 Å². The summed E-state index contributed by atoms with van der Waals surface area (Å²) in [5.41, 5.74) is 6.58. The Kier molecular flexibility index (Phi) is 10.2. The lowest BCUT2D eigenvalue weighted by Gasteiger charge is -2.16. The van der Waals surface area contributed by atoms with Crippen LogP contribution in [0.5, 0.6) is 11.5 Å². The van der Waals surface area contributed by atoms with Crippen LogP contribution in [0.4, 0.5) is 20.2 Å².